The van der Waals surface area contributed by atoms with E-state index in [0.717, 1.165) is 16.8 Å². The Balaban J connectivity index is 1.22. The molecule has 0 bridgehead atoms. The fourth-order valence-corrected chi connectivity index (χ4v) is 3.66. The van der Waals surface area contributed by atoms with Crippen molar-refractivity contribution < 1.29 is 14.3 Å². The molecular weight excluding hydrogens is 446 g/mol. The molecule has 5 aromatic rings. The maximum atomic E-state index is 12.5. The summed E-state index contributed by atoms with van der Waals surface area (Å²) in [6, 6.07) is 12.8. The summed E-state index contributed by atoms with van der Waals surface area (Å²) in [7, 11) is 0. The lowest BCUT2D eigenvalue weighted by Gasteiger charge is -2.18. The number of carbonyl (C=O) groups excluding carboxylic acids is 1. The molecular formula is C25H25N7O3. The van der Waals surface area contributed by atoms with Crippen LogP contribution in [-0.2, 0) is 18.7 Å². The molecule has 4 aromatic heterocycles. The van der Waals surface area contributed by atoms with E-state index in [1.165, 1.54) is 0 Å². The van der Waals surface area contributed by atoms with Crippen molar-refractivity contribution in [1.29, 1.82) is 0 Å². The molecule has 1 amide bonds. The number of aliphatic hydroxyl groups is 1. The summed E-state index contributed by atoms with van der Waals surface area (Å²) in [5.74, 6) is 1.04. The van der Waals surface area contributed by atoms with E-state index in [2.05, 4.69) is 25.6 Å². The molecule has 0 radical (unpaired) electrons. The maximum absolute atomic E-state index is 12.5. The lowest BCUT2D eigenvalue weighted by Crippen LogP contribution is -2.22. The number of benzene rings is 1. The minimum absolute atomic E-state index is 0.205. The predicted octanol–water partition coefficient (Wildman–Crippen LogP) is 3.09. The van der Waals surface area contributed by atoms with Gasteiger partial charge in [0.25, 0.3) is 5.91 Å². The van der Waals surface area contributed by atoms with Gasteiger partial charge in [-0.25, -0.2) is 14.6 Å². The fraction of sp³-hybridized carbons (Fsp3) is 0.240. The van der Waals surface area contributed by atoms with Crippen LogP contribution < -0.4 is 5.32 Å². The normalized spacial score (nSPS) is 11.8. The van der Waals surface area contributed by atoms with Crippen LogP contribution in [0, 0.1) is 6.92 Å². The van der Waals surface area contributed by atoms with Crippen molar-refractivity contribution in [1.82, 2.24) is 34.7 Å². The second kappa shape index (κ2) is 8.80. The van der Waals surface area contributed by atoms with Crippen LogP contribution in [0.2, 0.25) is 0 Å². The molecule has 0 fully saturated rings. The highest BCUT2D eigenvalue weighted by Crippen LogP contribution is 2.25. The van der Waals surface area contributed by atoms with Crippen LogP contribution in [0.3, 0.4) is 0 Å². The highest BCUT2D eigenvalue weighted by molar-refractivity contribution is 5.91. The van der Waals surface area contributed by atoms with Crippen LogP contribution >= 0.6 is 0 Å². The Labute approximate surface area is 201 Å². The van der Waals surface area contributed by atoms with E-state index in [1.54, 1.807) is 36.9 Å². The third-order valence-corrected chi connectivity index (χ3v) is 5.55. The predicted molar refractivity (Wildman–Crippen MR) is 127 cm³/mol. The van der Waals surface area contributed by atoms with Crippen molar-refractivity contribution in [2.24, 2.45) is 0 Å². The van der Waals surface area contributed by atoms with Crippen molar-refractivity contribution in [2.45, 2.75) is 39.5 Å². The van der Waals surface area contributed by atoms with Crippen molar-refractivity contribution in [3.8, 4) is 11.3 Å². The minimum Gasteiger partial charge on any atom is -0.454 e. The first kappa shape index (κ1) is 22.5. The average Bonchev–Trinajstić information content (AvgIpc) is 3.57. The lowest BCUT2D eigenvalue weighted by molar-refractivity contribution is 0.0786. The lowest BCUT2D eigenvalue weighted by atomic mass is 9.96. The zero-order chi connectivity index (χ0) is 24.6. The molecule has 0 saturated carbocycles. The van der Waals surface area contributed by atoms with Crippen LogP contribution in [0.5, 0.6) is 0 Å². The van der Waals surface area contributed by atoms with E-state index in [1.807, 2.05) is 54.0 Å². The number of amides is 1. The molecule has 178 valence electrons. The number of nitrogens with one attached hydrogen (secondary N) is 1. The molecule has 0 aliphatic heterocycles. The summed E-state index contributed by atoms with van der Waals surface area (Å²) >= 11 is 0. The van der Waals surface area contributed by atoms with Gasteiger partial charge in [-0.15, -0.1) is 5.10 Å². The number of furan rings is 1. The number of fused-ring (bicyclic) bond motifs is 1. The summed E-state index contributed by atoms with van der Waals surface area (Å²) in [5.41, 5.74) is 2.96. The van der Waals surface area contributed by atoms with E-state index in [0.29, 0.717) is 29.5 Å². The van der Waals surface area contributed by atoms with Gasteiger partial charge in [0.15, 0.2) is 5.76 Å². The first-order valence-electron chi connectivity index (χ1n) is 11.2. The Morgan fingerprint density at radius 1 is 1.14 bits per heavy atom. The minimum atomic E-state index is -0.946. The summed E-state index contributed by atoms with van der Waals surface area (Å²) in [5, 5.41) is 21.5. The first-order valence-corrected chi connectivity index (χ1v) is 11.2. The molecule has 0 aliphatic carbocycles. The van der Waals surface area contributed by atoms with Gasteiger partial charge in [-0.1, -0.05) is 23.4 Å². The van der Waals surface area contributed by atoms with Gasteiger partial charge in [0, 0.05) is 23.7 Å². The molecule has 5 rings (SSSR count). The van der Waals surface area contributed by atoms with Gasteiger partial charge in [-0.3, -0.25) is 9.20 Å². The SMILES string of the molecule is Cc1ccn2cc(CNC(=O)c3ccc(Cn4cc(-c5cccc(C(C)(C)O)c5)nn4)o3)nc2n1. The number of hydrogen-bond donors (Lipinski definition) is 2. The summed E-state index contributed by atoms with van der Waals surface area (Å²) in [6.45, 7) is 5.96. The first-order chi connectivity index (χ1) is 16.7. The van der Waals surface area contributed by atoms with E-state index >= 15 is 0 Å². The Bertz CT molecular complexity index is 1510. The smallest absolute Gasteiger partial charge is 0.287 e. The number of hydrogen-bond acceptors (Lipinski definition) is 7. The Hall–Kier alpha value is -4.31. The van der Waals surface area contributed by atoms with Gasteiger partial charge in [0.2, 0.25) is 5.78 Å². The van der Waals surface area contributed by atoms with Crippen LogP contribution in [0.1, 0.15) is 47.1 Å². The molecule has 2 N–H and O–H groups in total. The van der Waals surface area contributed by atoms with Crippen molar-refractivity contribution in [3.05, 3.63) is 89.5 Å². The highest BCUT2D eigenvalue weighted by Gasteiger charge is 2.17. The van der Waals surface area contributed by atoms with Crippen LogP contribution in [-0.4, -0.2) is 40.4 Å². The molecule has 35 heavy (non-hydrogen) atoms. The third-order valence-electron chi connectivity index (χ3n) is 5.55. The quantitative estimate of drug-likeness (QED) is 0.374. The second-order valence-corrected chi connectivity index (χ2v) is 8.90. The molecule has 1 aromatic carbocycles. The van der Waals surface area contributed by atoms with E-state index in [-0.39, 0.29) is 18.2 Å². The van der Waals surface area contributed by atoms with Crippen molar-refractivity contribution in [3.63, 3.8) is 0 Å². The number of rotatable bonds is 7. The standard InChI is InChI=1S/C25H25N7O3/c1-16-9-10-31-13-19(28-24(31)27-16)12-26-23(33)22-8-7-20(35-22)14-32-15-21(29-30-32)17-5-4-6-18(11-17)25(2,3)34/h4-11,13,15,34H,12,14H2,1-3H3,(H,26,33). The molecule has 0 atom stereocenters. The van der Waals surface area contributed by atoms with Gasteiger partial charge < -0.3 is 14.8 Å². The Kier molecular flexibility index (Phi) is 5.65. The van der Waals surface area contributed by atoms with Crippen LogP contribution in [0.25, 0.3) is 17.0 Å². The number of aryl methyl sites for hydroxylation is 1. The molecule has 10 heteroatoms. The summed E-state index contributed by atoms with van der Waals surface area (Å²) in [6.07, 6.45) is 5.51. The van der Waals surface area contributed by atoms with Gasteiger partial charge in [0.1, 0.15) is 18.0 Å². The molecule has 0 saturated heterocycles. The van der Waals surface area contributed by atoms with Gasteiger partial charge >= 0.3 is 0 Å². The fourth-order valence-electron chi connectivity index (χ4n) is 3.66. The van der Waals surface area contributed by atoms with Crippen LogP contribution in [0.4, 0.5) is 0 Å². The summed E-state index contributed by atoms with van der Waals surface area (Å²) < 4.78 is 9.17. The molecule has 0 unspecified atom stereocenters. The zero-order valence-electron chi connectivity index (χ0n) is 19.6. The van der Waals surface area contributed by atoms with Gasteiger partial charge in [-0.05, 0) is 50.6 Å². The monoisotopic (exact) mass is 471 g/mol. The van der Waals surface area contributed by atoms with Crippen molar-refractivity contribution >= 4 is 11.7 Å². The van der Waals surface area contributed by atoms with Gasteiger partial charge in [0.05, 0.1) is 24.0 Å². The highest BCUT2D eigenvalue weighted by atomic mass is 16.4. The molecule has 0 aliphatic rings. The van der Waals surface area contributed by atoms with Crippen molar-refractivity contribution in [2.75, 3.05) is 0 Å². The van der Waals surface area contributed by atoms with E-state index in [9.17, 15) is 9.90 Å². The number of aromatic nitrogens is 6. The Morgan fingerprint density at radius 3 is 2.83 bits per heavy atom. The largest absolute Gasteiger partial charge is 0.454 e. The zero-order valence-corrected chi connectivity index (χ0v) is 19.6. The van der Waals surface area contributed by atoms with E-state index < -0.39 is 5.60 Å². The number of nitrogens with zero attached hydrogens (tertiary/aromatic N) is 6. The molecule has 10 nitrogen and oxygen atoms in total. The Morgan fingerprint density at radius 2 is 2.00 bits per heavy atom. The molecule has 0 spiro atoms. The van der Waals surface area contributed by atoms with Gasteiger partial charge in [-0.2, -0.15) is 0 Å². The third kappa shape index (κ3) is 4.97. The maximum Gasteiger partial charge on any atom is 0.287 e. The average molecular weight is 472 g/mol. The topological polar surface area (TPSA) is 123 Å². The summed E-state index contributed by atoms with van der Waals surface area (Å²) in [4.78, 5) is 21.3. The second-order valence-electron chi connectivity index (χ2n) is 8.90. The number of imidazole rings is 1. The molecule has 4 heterocycles. The number of carbonyl (C=O) groups is 1. The van der Waals surface area contributed by atoms with Crippen LogP contribution in [0.15, 0.2) is 65.5 Å². The van der Waals surface area contributed by atoms with E-state index in [4.69, 9.17) is 4.42 Å².